The molecule has 2 aromatic heterocycles. The van der Waals surface area contributed by atoms with E-state index in [4.69, 9.17) is 0 Å². The van der Waals surface area contributed by atoms with Gasteiger partial charge in [0, 0.05) is 16.1 Å². The van der Waals surface area contributed by atoms with Crippen LogP contribution >= 0.6 is 11.3 Å². The SMILES string of the molecule is Cc1cc(C)n(Cc2ccc(C(=O)N/N=C\c3cccs3)cc2)n1. The molecule has 0 unspecified atom stereocenters. The number of nitrogens with zero attached hydrogens (tertiary/aromatic N) is 3. The minimum atomic E-state index is -0.222. The highest BCUT2D eigenvalue weighted by Crippen LogP contribution is 2.09. The molecule has 3 rings (SSSR count). The van der Waals surface area contributed by atoms with Gasteiger partial charge in [0.2, 0.25) is 0 Å². The summed E-state index contributed by atoms with van der Waals surface area (Å²) in [5.41, 5.74) is 6.34. The van der Waals surface area contributed by atoms with Crippen molar-refractivity contribution in [3.63, 3.8) is 0 Å². The summed E-state index contributed by atoms with van der Waals surface area (Å²) in [6.07, 6.45) is 1.64. The van der Waals surface area contributed by atoms with E-state index >= 15 is 0 Å². The third-order valence-electron chi connectivity index (χ3n) is 3.55. The molecule has 0 atom stereocenters. The fraction of sp³-hybridized carbons (Fsp3) is 0.167. The molecule has 2 heterocycles. The Kier molecular flexibility index (Phi) is 4.86. The second-order valence-electron chi connectivity index (χ2n) is 5.50. The Hall–Kier alpha value is -2.73. The molecule has 3 aromatic rings. The second kappa shape index (κ2) is 7.23. The summed E-state index contributed by atoms with van der Waals surface area (Å²) in [4.78, 5) is 13.1. The van der Waals surface area contributed by atoms with Crippen LogP contribution < -0.4 is 5.43 Å². The van der Waals surface area contributed by atoms with Crippen LogP contribution in [-0.4, -0.2) is 21.9 Å². The van der Waals surface area contributed by atoms with Gasteiger partial charge in [-0.2, -0.15) is 10.2 Å². The van der Waals surface area contributed by atoms with Crippen molar-refractivity contribution < 1.29 is 4.79 Å². The smallest absolute Gasteiger partial charge is 0.267 e. The highest BCUT2D eigenvalue weighted by molar-refractivity contribution is 7.11. The van der Waals surface area contributed by atoms with Gasteiger partial charge in [-0.05, 0) is 49.1 Å². The summed E-state index contributed by atoms with van der Waals surface area (Å²) in [7, 11) is 0. The van der Waals surface area contributed by atoms with Crippen molar-refractivity contribution in [1.82, 2.24) is 15.2 Å². The van der Waals surface area contributed by atoms with Crippen molar-refractivity contribution in [1.29, 1.82) is 0 Å². The number of benzene rings is 1. The van der Waals surface area contributed by atoms with Crippen molar-refractivity contribution >= 4 is 23.5 Å². The van der Waals surface area contributed by atoms with Crippen molar-refractivity contribution in [2.45, 2.75) is 20.4 Å². The van der Waals surface area contributed by atoms with E-state index in [1.807, 2.05) is 54.2 Å². The van der Waals surface area contributed by atoms with E-state index in [9.17, 15) is 4.79 Å². The Morgan fingerprint density at radius 1 is 1.29 bits per heavy atom. The first kappa shape index (κ1) is 16.1. The van der Waals surface area contributed by atoms with Crippen LogP contribution in [0.4, 0.5) is 0 Å². The quantitative estimate of drug-likeness (QED) is 0.573. The predicted octanol–water partition coefficient (Wildman–Crippen LogP) is 3.37. The normalized spacial score (nSPS) is 11.1. The van der Waals surface area contributed by atoms with Crippen LogP contribution in [0, 0.1) is 13.8 Å². The van der Waals surface area contributed by atoms with Gasteiger partial charge in [-0.15, -0.1) is 11.3 Å². The van der Waals surface area contributed by atoms with E-state index in [2.05, 4.69) is 15.6 Å². The van der Waals surface area contributed by atoms with Crippen LogP contribution in [-0.2, 0) is 6.54 Å². The highest BCUT2D eigenvalue weighted by Gasteiger charge is 2.06. The molecule has 24 heavy (non-hydrogen) atoms. The lowest BCUT2D eigenvalue weighted by Crippen LogP contribution is -2.17. The molecular weight excluding hydrogens is 320 g/mol. The number of carbonyl (C=O) groups excluding carboxylic acids is 1. The molecule has 0 bridgehead atoms. The molecular formula is C18H18N4OS. The van der Waals surface area contributed by atoms with Gasteiger partial charge < -0.3 is 0 Å². The average Bonchev–Trinajstić information content (AvgIpc) is 3.18. The van der Waals surface area contributed by atoms with E-state index in [1.165, 1.54) is 0 Å². The van der Waals surface area contributed by atoms with Crippen molar-refractivity contribution in [3.8, 4) is 0 Å². The number of hydrazone groups is 1. The zero-order chi connectivity index (χ0) is 16.9. The first-order chi connectivity index (χ1) is 11.6. The number of rotatable bonds is 5. The first-order valence-electron chi connectivity index (χ1n) is 7.59. The van der Waals surface area contributed by atoms with Crippen molar-refractivity contribution in [3.05, 3.63) is 75.2 Å². The van der Waals surface area contributed by atoms with Crippen LogP contribution in [0.15, 0.2) is 52.9 Å². The molecule has 0 saturated heterocycles. The van der Waals surface area contributed by atoms with Crippen LogP contribution in [0.25, 0.3) is 0 Å². The number of thiophene rings is 1. The number of aryl methyl sites for hydroxylation is 2. The summed E-state index contributed by atoms with van der Waals surface area (Å²) in [6, 6.07) is 13.4. The third kappa shape index (κ3) is 3.97. The van der Waals surface area contributed by atoms with E-state index in [0.717, 1.165) is 21.8 Å². The van der Waals surface area contributed by atoms with Gasteiger partial charge in [0.05, 0.1) is 18.5 Å². The number of hydrogen-bond acceptors (Lipinski definition) is 4. The van der Waals surface area contributed by atoms with E-state index in [0.29, 0.717) is 12.1 Å². The minimum Gasteiger partial charge on any atom is -0.267 e. The Balaban J connectivity index is 1.61. The largest absolute Gasteiger partial charge is 0.271 e. The van der Waals surface area contributed by atoms with Crippen molar-refractivity contribution in [2.75, 3.05) is 0 Å². The number of amides is 1. The fourth-order valence-electron chi connectivity index (χ4n) is 2.35. The maximum atomic E-state index is 12.1. The molecule has 0 aliphatic rings. The van der Waals surface area contributed by atoms with Gasteiger partial charge in [-0.3, -0.25) is 9.48 Å². The summed E-state index contributed by atoms with van der Waals surface area (Å²) in [5, 5.41) is 10.4. The number of hydrogen-bond donors (Lipinski definition) is 1. The molecule has 1 aromatic carbocycles. The molecule has 0 spiro atoms. The molecule has 122 valence electrons. The van der Waals surface area contributed by atoms with Gasteiger partial charge in [0.15, 0.2) is 0 Å². The van der Waals surface area contributed by atoms with Gasteiger partial charge in [0.25, 0.3) is 5.91 Å². The Labute approximate surface area is 144 Å². The van der Waals surface area contributed by atoms with Gasteiger partial charge in [-0.25, -0.2) is 5.43 Å². The first-order valence-corrected chi connectivity index (χ1v) is 8.47. The molecule has 6 heteroatoms. The zero-order valence-electron chi connectivity index (χ0n) is 13.6. The third-order valence-corrected chi connectivity index (χ3v) is 4.36. The van der Waals surface area contributed by atoms with Crippen molar-refractivity contribution in [2.24, 2.45) is 5.10 Å². The number of aromatic nitrogens is 2. The predicted molar refractivity (Wildman–Crippen MR) is 96.6 cm³/mol. The maximum absolute atomic E-state index is 12.1. The van der Waals surface area contributed by atoms with Crippen LogP contribution in [0.5, 0.6) is 0 Å². The van der Waals surface area contributed by atoms with Crippen LogP contribution in [0.1, 0.15) is 32.2 Å². The molecule has 0 aliphatic heterocycles. The van der Waals surface area contributed by atoms with E-state index in [1.54, 1.807) is 29.7 Å². The minimum absolute atomic E-state index is 0.222. The topological polar surface area (TPSA) is 59.3 Å². The molecule has 0 radical (unpaired) electrons. The molecule has 0 saturated carbocycles. The highest BCUT2D eigenvalue weighted by atomic mass is 32.1. The lowest BCUT2D eigenvalue weighted by atomic mass is 10.1. The maximum Gasteiger partial charge on any atom is 0.271 e. The number of nitrogens with one attached hydrogen (secondary N) is 1. The second-order valence-corrected chi connectivity index (χ2v) is 6.48. The Morgan fingerprint density at radius 3 is 2.71 bits per heavy atom. The summed E-state index contributed by atoms with van der Waals surface area (Å²) in [6.45, 7) is 4.71. The monoisotopic (exact) mass is 338 g/mol. The molecule has 1 amide bonds. The van der Waals surface area contributed by atoms with E-state index in [-0.39, 0.29) is 5.91 Å². The summed E-state index contributed by atoms with van der Waals surface area (Å²) in [5.74, 6) is -0.222. The number of carbonyl (C=O) groups is 1. The zero-order valence-corrected chi connectivity index (χ0v) is 14.4. The van der Waals surface area contributed by atoms with Gasteiger partial charge >= 0.3 is 0 Å². The fourth-order valence-corrected chi connectivity index (χ4v) is 2.94. The average molecular weight is 338 g/mol. The standard InChI is InChI=1S/C18H18N4OS/c1-13-10-14(2)22(21-13)12-15-5-7-16(8-6-15)18(23)20-19-11-17-4-3-9-24-17/h3-11H,12H2,1-2H3,(H,20,23)/b19-11-. The molecule has 0 fully saturated rings. The van der Waals surface area contributed by atoms with Crippen LogP contribution in [0.2, 0.25) is 0 Å². The lowest BCUT2D eigenvalue weighted by Gasteiger charge is -2.06. The van der Waals surface area contributed by atoms with Gasteiger partial charge in [0.1, 0.15) is 0 Å². The van der Waals surface area contributed by atoms with Crippen LogP contribution in [0.3, 0.4) is 0 Å². The Morgan fingerprint density at radius 2 is 2.08 bits per heavy atom. The molecule has 0 aliphatic carbocycles. The Bertz CT molecular complexity index is 848. The summed E-state index contributed by atoms with van der Waals surface area (Å²) >= 11 is 1.57. The molecule has 1 N–H and O–H groups in total. The van der Waals surface area contributed by atoms with Gasteiger partial charge in [-0.1, -0.05) is 18.2 Å². The lowest BCUT2D eigenvalue weighted by molar-refractivity contribution is 0.0955. The summed E-state index contributed by atoms with van der Waals surface area (Å²) < 4.78 is 1.95. The van der Waals surface area contributed by atoms with E-state index < -0.39 is 0 Å². The molecule has 5 nitrogen and oxygen atoms in total.